The van der Waals surface area contributed by atoms with Crippen LogP contribution in [0.15, 0.2) is 65.8 Å². The van der Waals surface area contributed by atoms with Crippen LogP contribution in [-0.2, 0) is 9.53 Å². The van der Waals surface area contributed by atoms with E-state index in [2.05, 4.69) is 21.9 Å². The van der Waals surface area contributed by atoms with Crippen molar-refractivity contribution < 1.29 is 9.53 Å². The van der Waals surface area contributed by atoms with E-state index in [4.69, 9.17) is 10.3 Å². The van der Waals surface area contributed by atoms with Crippen molar-refractivity contribution >= 4 is 17.7 Å². The van der Waals surface area contributed by atoms with Gasteiger partial charge in [0.1, 0.15) is 0 Å². The van der Waals surface area contributed by atoms with Crippen LogP contribution in [0.5, 0.6) is 0 Å². The second kappa shape index (κ2) is 8.84. The number of hydrogen-bond donors (Lipinski definition) is 0. The molecule has 0 bridgehead atoms. The van der Waals surface area contributed by atoms with E-state index in [0.717, 1.165) is 5.56 Å². The van der Waals surface area contributed by atoms with Crippen LogP contribution in [0.2, 0.25) is 0 Å². The zero-order valence-corrected chi connectivity index (χ0v) is 13.1. The van der Waals surface area contributed by atoms with Crippen molar-refractivity contribution in [3.8, 4) is 11.8 Å². The number of esters is 1. The summed E-state index contributed by atoms with van der Waals surface area (Å²) in [6.45, 7) is 1.31. The summed E-state index contributed by atoms with van der Waals surface area (Å²) in [5.41, 5.74) is 10.6. The van der Waals surface area contributed by atoms with Gasteiger partial charge in [-0.25, -0.2) is 0 Å². The molecule has 0 heterocycles. The third kappa shape index (κ3) is 5.06. The smallest absolute Gasteiger partial charge is 0.304 e. The molecule has 2 aromatic rings. The van der Waals surface area contributed by atoms with Crippen molar-refractivity contribution in [3.63, 3.8) is 0 Å². The summed E-state index contributed by atoms with van der Waals surface area (Å²) >= 11 is 0. The zero-order chi connectivity index (χ0) is 17.2. The van der Waals surface area contributed by atoms with E-state index in [1.54, 1.807) is 30.3 Å². The fraction of sp³-hybridized carbons (Fsp3) is 0.105. The van der Waals surface area contributed by atoms with Gasteiger partial charge in [-0.2, -0.15) is 0 Å². The molecule has 2 aromatic carbocycles. The summed E-state index contributed by atoms with van der Waals surface area (Å²) in [7, 11) is 0. The highest BCUT2D eigenvalue weighted by Gasteiger charge is 2.14. The first-order valence-electron chi connectivity index (χ1n) is 7.24. The van der Waals surface area contributed by atoms with E-state index >= 15 is 0 Å². The fourth-order valence-corrected chi connectivity index (χ4v) is 2.01. The van der Waals surface area contributed by atoms with E-state index in [0.29, 0.717) is 11.3 Å². The van der Waals surface area contributed by atoms with Crippen LogP contribution < -0.4 is 0 Å². The van der Waals surface area contributed by atoms with Crippen molar-refractivity contribution in [2.24, 2.45) is 5.11 Å². The lowest BCUT2D eigenvalue weighted by Gasteiger charge is -2.13. The van der Waals surface area contributed by atoms with Gasteiger partial charge in [-0.3, -0.25) is 4.79 Å². The maximum atomic E-state index is 11.3. The number of azide groups is 1. The zero-order valence-electron chi connectivity index (χ0n) is 13.1. The summed E-state index contributed by atoms with van der Waals surface area (Å²) < 4.78 is 5.25. The monoisotopic (exact) mass is 317 g/mol. The lowest BCUT2D eigenvalue weighted by Crippen LogP contribution is -2.06. The molecule has 5 heteroatoms. The molecule has 0 saturated heterocycles. The van der Waals surface area contributed by atoms with E-state index in [9.17, 15) is 4.79 Å². The number of nitrogens with zero attached hydrogens (tertiary/aromatic N) is 3. The average molecular weight is 317 g/mol. The Kier molecular flexibility index (Phi) is 6.22. The third-order valence-electron chi connectivity index (χ3n) is 3.03. The minimum Gasteiger partial charge on any atom is -0.444 e. The molecule has 0 radical (unpaired) electrons. The highest BCUT2D eigenvalue weighted by Crippen LogP contribution is 2.27. The Hall–Kier alpha value is -3.48. The van der Waals surface area contributed by atoms with Crippen molar-refractivity contribution in [2.45, 2.75) is 13.0 Å². The average Bonchev–Trinajstić information content (AvgIpc) is 2.59. The number of benzene rings is 2. The number of hydrogen-bond acceptors (Lipinski definition) is 3. The maximum Gasteiger partial charge on any atom is 0.304 e. The van der Waals surface area contributed by atoms with Crippen LogP contribution in [0, 0.1) is 11.8 Å². The van der Waals surface area contributed by atoms with E-state index in [-0.39, 0.29) is 0 Å². The van der Waals surface area contributed by atoms with Crippen LogP contribution >= 0.6 is 0 Å². The van der Waals surface area contributed by atoms with Crippen LogP contribution in [0.4, 0.5) is 5.69 Å². The first kappa shape index (κ1) is 16.9. The molecule has 0 aliphatic carbocycles. The predicted molar refractivity (Wildman–Crippen MR) is 93.0 cm³/mol. The Morgan fingerprint density at radius 2 is 1.92 bits per heavy atom. The lowest BCUT2D eigenvalue weighted by molar-refractivity contribution is -0.144. The Morgan fingerprint density at radius 3 is 2.62 bits per heavy atom. The Balaban J connectivity index is 2.27. The van der Waals surface area contributed by atoms with Gasteiger partial charge in [-0.15, -0.1) is 0 Å². The second-order valence-corrected chi connectivity index (χ2v) is 4.77. The van der Waals surface area contributed by atoms with Crippen LogP contribution in [0.1, 0.15) is 24.2 Å². The molecule has 24 heavy (non-hydrogen) atoms. The molecular formula is C19H15N3O2. The number of ether oxygens (including phenoxy) is 1. The third-order valence-corrected chi connectivity index (χ3v) is 3.03. The van der Waals surface area contributed by atoms with Gasteiger partial charge >= 0.3 is 5.97 Å². The second-order valence-electron chi connectivity index (χ2n) is 4.77. The number of carbonyl (C=O) groups is 1. The highest BCUT2D eigenvalue weighted by atomic mass is 16.5. The van der Waals surface area contributed by atoms with Crippen LogP contribution in [-0.4, -0.2) is 5.97 Å². The highest BCUT2D eigenvalue weighted by molar-refractivity contribution is 5.67. The predicted octanol–water partition coefficient (Wildman–Crippen LogP) is 4.95. The van der Waals surface area contributed by atoms with Gasteiger partial charge in [0.25, 0.3) is 0 Å². The normalized spacial score (nSPS) is 11.0. The van der Waals surface area contributed by atoms with Gasteiger partial charge in [0.15, 0.2) is 6.10 Å². The van der Waals surface area contributed by atoms with Gasteiger partial charge in [0.05, 0.1) is 0 Å². The lowest BCUT2D eigenvalue weighted by atomic mass is 10.1. The van der Waals surface area contributed by atoms with Gasteiger partial charge in [0, 0.05) is 23.1 Å². The SMILES string of the molecule is CC(=O)OC(C#C/C=C/c1ccccc1)c1ccccc1N=[N+]=[N-]. The summed E-state index contributed by atoms with van der Waals surface area (Å²) in [5.74, 6) is 5.28. The van der Waals surface area contributed by atoms with Crippen molar-refractivity contribution in [1.29, 1.82) is 0 Å². The Morgan fingerprint density at radius 1 is 1.21 bits per heavy atom. The first-order chi connectivity index (χ1) is 11.7. The van der Waals surface area contributed by atoms with Gasteiger partial charge in [0.2, 0.25) is 0 Å². The molecule has 1 unspecified atom stereocenters. The van der Waals surface area contributed by atoms with E-state index in [1.165, 1.54) is 6.92 Å². The summed E-state index contributed by atoms with van der Waals surface area (Å²) in [6, 6.07) is 16.6. The topological polar surface area (TPSA) is 75.1 Å². The number of allylic oxidation sites excluding steroid dienone is 1. The Bertz CT molecular complexity index is 842. The molecule has 0 saturated carbocycles. The quantitative estimate of drug-likeness (QED) is 0.263. The molecule has 0 spiro atoms. The van der Waals surface area contributed by atoms with Crippen molar-refractivity contribution in [1.82, 2.24) is 0 Å². The molecule has 0 aromatic heterocycles. The molecule has 0 aliphatic heterocycles. The van der Waals surface area contributed by atoms with Gasteiger partial charge in [-0.05, 0) is 29.2 Å². The minimum absolute atomic E-state index is 0.382. The van der Waals surface area contributed by atoms with Gasteiger partial charge in [-0.1, -0.05) is 65.6 Å². The molecular weight excluding hydrogens is 302 g/mol. The Labute approximate surface area is 140 Å². The molecule has 0 aliphatic rings. The first-order valence-corrected chi connectivity index (χ1v) is 7.24. The molecule has 0 N–H and O–H groups in total. The van der Waals surface area contributed by atoms with Crippen molar-refractivity contribution in [3.05, 3.63) is 82.2 Å². The number of carbonyl (C=O) groups excluding carboxylic acids is 1. The van der Waals surface area contributed by atoms with Crippen LogP contribution in [0.3, 0.4) is 0 Å². The van der Waals surface area contributed by atoms with E-state index < -0.39 is 12.1 Å². The van der Waals surface area contributed by atoms with Crippen LogP contribution in [0.25, 0.3) is 16.5 Å². The summed E-state index contributed by atoms with van der Waals surface area (Å²) in [6.07, 6.45) is 2.74. The van der Waals surface area contributed by atoms with Crippen molar-refractivity contribution in [2.75, 3.05) is 0 Å². The van der Waals surface area contributed by atoms with Gasteiger partial charge < -0.3 is 4.74 Å². The molecule has 0 amide bonds. The molecule has 118 valence electrons. The summed E-state index contributed by atoms with van der Waals surface area (Å²) in [4.78, 5) is 14.1. The standard InChI is InChI=1S/C19H15N3O2/c1-15(23)24-19(17-12-6-7-13-18(17)21-22-20)14-8-5-11-16-9-3-2-4-10-16/h2-7,9-13,19H,1H3/b11-5+. The number of rotatable bonds is 4. The molecule has 0 fully saturated rings. The summed E-state index contributed by atoms with van der Waals surface area (Å²) in [5, 5.41) is 3.61. The maximum absolute atomic E-state index is 11.3. The molecule has 2 rings (SSSR count). The molecule has 5 nitrogen and oxygen atoms in total. The minimum atomic E-state index is -0.801. The molecule has 1 atom stereocenters. The fourth-order valence-electron chi connectivity index (χ4n) is 2.01. The largest absolute Gasteiger partial charge is 0.444 e. The van der Waals surface area contributed by atoms with E-state index in [1.807, 2.05) is 36.4 Å².